The van der Waals surface area contributed by atoms with E-state index >= 15 is 0 Å². The zero-order valence-corrected chi connectivity index (χ0v) is 19.3. The molecule has 0 aliphatic rings. The van der Waals surface area contributed by atoms with Gasteiger partial charge in [-0.2, -0.15) is 0 Å². The average Bonchev–Trinajstić information content (AvgIpc) is 2.80. The highest BCUT2D eigenvalue weighted by atomic mass is 16.5. The Morgan fingerprint density at radius 2 is 1.61 bits per heavy atom. The van der Waals surface area contributed by atoms with Crippen molar-refractivity contribution in [3.8, 4) is 17.2 Å². The topological polar surface area (TPSA) is 57.2 Å². The summed E-state index contributed by atoms with van der Waals surface area (Å²) in [7, 11) is 4.57. The first-order chi connectivity index (χ1) is 15.0. The van der Waals surface area contributed by atoms with Gasteiger partial charge in [-0.15, -0.1) is 0 Å². The fourth-order valence-electron chi connectivity index (χ4n) is 3.47. The molecule has 1 atom stereocenters. The van der Waals surface area contributed by atoms with Crippen molar-refractivity contribution in [2.45, 2.75) is 39.2 Å². The van der Waals surface area contributed by atoms with E-state index in [0.717, 1.165) is 38.9 Å². The van der Waals surface area contributed by atoms with Gasteiger partial charge in [0.2, 0.25) is 5.75 Å². The third kappa shape index (κ3) is 7.47. The summed E-state index contributed by atoms with van der Waals surface area (Å²) in [6.45, 7) is 7.12. The summed E-state index contributed by atoms with van der Waals surface area (Å²) in [6.07, 6.45) is 2.63. The summed E-state index contributed by atoms with van der Waals surface area (Å²) in [5, 5.41) is 0. The Morgan fingerprint density at radius 3 is 2.16 bits per heavy atom. The lowest BCUT2D eigenvalue weighted by atomic mass is 10.1. The minimum Gasteiger partial charge on any atom is -0.493 e. The highest BCUT2D eigenvalue weighted by Crippen LogP contribution is 2.38. The summed E-state index contributed by atoms with van der Waals surface area (Å²) in [4.78, 5) is 15.1. The maximum Gasteiger partial charge on any atom is 0.338 e. The van der Waals surface area contributed by atoms with E-state index < -0.39 is 5.97 Å². The fraction of sp³-hybridized carbons (Fsp3) is 0.480. The van der Waals surface area contributed by atoms with Crippen molar-refractivity contribution in [2.24, 2.45) is 0 Å². The number of esters is 1. The van der Waals surface area contributed by atoms with Gasteiger partial charge in [0.05, 0.1) is 33.0 Å². The van der Waals surface area contributed by atoms with Gasteiger partial charge in [0.25, 0.3) is 0 Å². The Bertz CT molecular complexity index is 784. The predicted molar refractivity (Wildman–Crippen MR) is 122 cm³/mol. The quantitative estimate of drug-likeness (QED) is 0.434. The van der Waals surface area contributed by atoms with Gasteiger partial charge in [-0.1, -0.05) is 37.3 Å². The molecule has 0 spiro atoms. The number of hydrogen-bond acceptors (Lipinski definition) is 6. The van der Waals surface area contributed by atoms with Crippen molar-refractivity contribution in [3.05, 3.63) is 53.6 Å². The van der Waals surface area contributed by atoms with Crippen LogP contribution < -0.4 is 14.2 Å². The van der Waals surface area contributed by atoms with E-state index in [2.05, 4.69) is 36.1 Å². The van der Waals surface area contributed by atoms with Crippen LogP contribution in [0.1, 0.15) is 42.6 Å². The van der Waals surface area contributed by atoms with Gasteiger partial charge < -0.3 is 23.8 Å². The Morgan fingerprint density at radius 1 is 0.968 bits per heavy atom. The maximum atomic E-state index is 12.6. The first kappa shape index (κ1) is 24.5. The van der Waals surface area contributed by atoms with Crippen LogP contribution in [-0.2, 0) is 11.2 Å². The van der Waals surface area contributed by atoms with Crippen molar-refractivity contribution in [3.63, 3.8) is 0 Å². The minimum absolute atomic E-state index is 0.181. The molecule has 0 bridgehead atoms. The van der Waals surface area contributed by atoms with Crippen LogP contribution in [0.15, 0.2) is 42.5 Å². The summed E-state index contributed by atoms with van der Waals surface area (Å²) in [6, 6.07) is 13.8. The molecule has 0 aliphatic carbocycles. The number of nitrogens with zero attached hydrogens (tertiary/aromatic N) is 1. The Kier molecular flexibility index (Phi) is 10.2. The monoisotopic (exact) mass is 429 g/mol. The number of methoxy groups -OCH3 is 3. The summed E-state index contributed by atoms with van der Waals surface area (Å²) in [5.74, 6) is 0.907. The van der Waals surface area contributed by atoms with Crippen LogP contribution in [0.3, 0.4) is 0 Å². The van der Waals surface area contributed by atoms with Gasteiger partial charge >= 0.3 is 5.97 Å². The number of likely N-dealkylation sites (N-methyl/N-ethyl adjacent to an activating group) is 1. The number of benzene rings is 2. The molecular weight excluding hydrogens is 394 g/mol. The molecule has 0 saturated heterocycles. The molecule has 1 unspecified atom stereocenters. The highest BCUT2D eigenvalue weighted by molar-refractivity contribution is 5.91. The van der Waals surface area contributed by atoms with Crippen molar-refractivity contribution >= 4 is 5.97 Å². The van der Waals surface area contributed by atoms with Gasteiger partial charge in [-0.25, -0.2) is 4.79 Å². The molecule has 0 aliphatic heterocycles. The first-order valence-corrected chi connectivity index (χ1v) is 10.8. The molecule has 0 heterocycles. The lowest BCUT2D eigenvalue weighted by Crippen LogP contribution is -2.28. The zero-order valence-electron chi connectivity index (χ0n) is 19.3. The summed E-state index contributed by atoms with van der Waals surface area (Å²) in [5.41, 5.74) is 1.73. The maximum absolute atomic E-state index is 12.6. The van der Waals surface area contributed by atoms with Gasteiger partial charge in [0.1, 0.15) is 0 Å². The predicted octanol–water partition coefficient (Wildman–Crippen LogP) is 4.60. The lowest BCUT2D eigenvalue weighted by molar-refractivity contribution is 0.0314. The lowest BCUT2D eigenvalue weighted by Gasteiger charge is -2.21. The zero-order chi connectivity index (χ0) is 22.6. The van der Waals surface area contributed by atoms with Gasteiger partial charge in [-0.3, -0.25) is 0 Å². The fourth-order valence-corrected chi connectivity index (χ4v) is 3.47. The second-order valence-electron chi connectivity index (χ2n) is 7.44. The molecule has 2 aromatic carbocycles. The molecule has 0 aromatic heterocycles. The van der Waals surface area contributed by atoms with Crippen LogP contribution in [0.4, 0.5) is 0 Å². The van der Waals surface area contributed by atoms with Crippen LogP contribution in [-0.4, -0.2) is 57.9 Å². The van der Waals surface area contributed by atoms with Crippen molar-refractivity contribution in [2.75, 3.05) is 41.0 Å². The standard InChI is InChI=1S/C25H35NO5/c1-6-26(16-14-20-12-8-7-9-13-20)15-10-11-19(2)31-25(27)21-17-22(28-3)24(30-5)23(18-21)29-4/h7-9,12-13,17-19H,6,10-11,14-16H2,1-5H3. The normalized spacial score (nSPS) is 11.8. The molecule has 0 radical (unpaired) electrons. The van der Waals surface area contributed by atoms with Crippen LogP contribution in [0, 0.1) is 0 Å². The van der Waals surface area contributed by atoms with Crippen LogP contribution >= 0.6 is 0 Å². The van der Waals surface area contributed by atoms with E-state index in [9.17, 15) is 4.79 Å². The Labute approximate surface area is 186 Å². The molecule has 0 saturated carbocycles. The molecule has 0 N–H and O–H groups in total. The van der Waals surface area contributed by atoms with E-state index in [1.807, 2.05) is 13.0 Å². The third-order valence-electron chi connectivity index (χ3n) is 5.30. The van der Waals surface area contributed by atoms with Gasteiger partial charge in [-0.05, 0) is 57.0 Å². The van der Waals surface area contributed by atoms with E-state index in [0.29, 0.717) is 22.8 Å². The van der Waals surface area contributed by atoms with Crippen LogP contribution in [0.25, 0.3) is 0 Å². The molecule has 0 amide bonds. The number of carbonyl (C=O) groups is 1. The average molecular weight is 430 g/mol. The minimum atomic E-state index is -0.400. The van der Waals surface area contributed by atoms with Crippen molar-refractivity contribution < 1.29 is 23.7 Å². The third-order valence-corrected chi connectivity index (χ3v) is 5.30. The molecule has 0 fully saturated rings. The Hall–Kier alpha value is -2.73. The van der Waals surface area contributed by atoms with E-state index in [4.69, 9.17) is 18.9 Å². The van der Waals surface area contributed by atoms with E-state index in [-0.39, 0.29) is 6.10 Å². The molecule has 2 rings (SSSR count). The van der Waals surface area contributed by atoms with Crippen LogP contribution in [0.2, 0.25) is 0 Å². The van der Waals surface area contributed by atoms with Gasteiger partial charge in [0, 0.05) is 6.54 Å². The number of carbonyl (C=O) groups excluding carboxylic acids is 1. The first-order valence-electron chi connectivity index (χ1n) is 10.8. The second-order valence-corrected chi connectivity index (χ2v) is 7.44. The van der Waals surface area contributed by atoms with Crippen LogP contribution in [0.5, 0.6) is 17.2 Å². The SMILES string of the molecule is CCN(CCCC(C)OC(=O)c1cc(OC)c(OC)c(OC)c1)CCc1ccccc1. The molecule has 6 heteroatoms. The second kappa shape index (κ2) is 12.8. The van der Waals surface area contributed by atoms with Crippen molar-refractivity contribution in [1.29, 1.82) is 0 Å². The number of rotatable bonds is 13. The van der Waals surface area contributed by atoms with Crippen molar-refractivity contribution in [1.82, 2.24) is 4.90 Å². The van der Waals surface area contributed by atoms with E-state index in [1.54, 1.807) is 12.1 Å². The molecule has 170 valence electrons. The van der Waals surface area contributed by atoms with Gasteiger partial charge in [0.15, 0.2) is 11.5 Å². The Balaban J connectivity index is 1.83. The highest BCUT2D eigenvalue weighted by Gasteiger charge is 2.19. The molecule has 6 nitrogen and oxygen atoms in total. The molecule has 2 aromatic rings. The summed E-state index contributed by atoms with van der Waals surface area (Å²) >= 11 is 0. The molecular formula is C25H35NO5. The van der Waals surface area contributed by atoms with E-state index in [1.165, 1.54) is 26.9 Å². The largest absolute Gasteiger partial charge is 0.493 e. The number of hydrogen-bond donors (Lipinski definition) is 0. The summed E-state index contributed by atoms with van der Waals surface area (Å²) < 4.78 is 21.6. The smallest absolute Gasteiger partial charge is 0.338 e. The molecule has 31 heavy (non-hydrogen) atoms. The number of ether oxygens (including phenoxy) is 4.